The molecule has 0 saturated heterocycles. The number of nitrogens with one attached hydrogen (secondary N) is 4. The lowest BCUT2D eigenvalue weighted by Crippen LogP contribution is -2.59. The van der Waals surface area contributed by atoms with Gasteiger partial charge in [0.2, 0.25) is 29.5 Å². The van der Waals surface area contributed by atoms with E-state index in [-0.39, 0.29) is 38.0 Å². The number of unbranched alkanes of at least 4 members (excludes halogenated alkanes) is 1. The van der Waals surface area contributed by atoms with Crippen LogP contribution in [0.3, 0.4) is 0 Å². The molecule has 1 heterocycles. The van der Waals surface area contributed by atoms with Crippen LogP contribution in [0.2, 0.25) is 0 Å². The molecule has 0 aliphatic rings. The van der Waals surface area contributed by atoms with E-state index < -0.39 is 77.8 Å². The smallest absolute Gasteiger partial charge is 0.408 e. The molecule has 8 N–H and O–H groups in total. The van der Waals surface area contributed by atoms with Crippen molar-refractivity contribution in [1.82, 2.24) is 30.7 Å². The third-order valence-corrected chi connectivity index (χ3v) is 10.1. The van der Waals surface area contributed by atoms with Gasteiger partial charge in [-0.15, -0.1) is 0 Å². The summed E-state index contributed by atoms with van der Waals surface area (Å²) < 4.78 is 5.47. The average Bonchev–Trinajstić information content (AvgIpc) is 3.64. The van der Waals surface area contributed by atoms with Crippen LogP contribution in [0.25, 0.3) is 17.0 Å². The number of rotatable bonds is 21. The minimum absolute atomic E-state index is 0.0175. The highest BCUT2D eigenvalue weighted by molar-refractivity contribution is 5.97. The highest BCUT2D eigenvalue weighted by Crippen LogP contribution is 2.21. The van der Waals surface area contributed by atoms with Gasteiger partial charge in [0.15, 0.2) is 0 Å². The van der Waals surface area contributed by atoms with Gasteiger partial charge in [0.05, 0.1) is 6.42 Å². The number of benzene rings is 3. The predicted octanol–water partition coefficient (Wildman–Crippen LogP) is 3.65. The van der Waals surface area contributed by atoms with Crippen molar-refractivity contribution in [3.8, 4) is 5.75 Å². The summed E-state index contributed by atoms with van der Waals surface area (Å²) in [7, 11) is 2.54. The Labute approximate surface area is 366 Å². The molecular formula is C46H57N7O10. The number of H-pyrrole nitrogens is 1. The summed E-state index contributed by atoms with van der Waals surface area (Å²) in [5.74, 6) is -5.00. The molecule has 0 aliphatic carbocycles. The topological polar surface area (TPSA) is 254 Å². The first-order valence-electron chi connectivity index (χ1n) is 20.5. The first kappa shape index (κ1) is 48.5. The lowest BCUT2D eigenvalue weighted by Gasteiger charge is -2.35. The molecule has 0 aliphatic heterocycles. The van der Waals surface area contributed by atoms with Crippen molar-refractivity contribution in [1.29, 1.82) is 0 Å². The van der Waals surface area contributed by atoms with E-state index in [1.807, 2.05) is 24.3 Å². The van der Waals surface area contributed by atoms with Crippen molar-refractivity contribution in [3.63, 3.8) is 0 Å². The number of phenols is 1. The van der Waals surface area contributed by atoms with Gasteiger partial charge in [0.25, 0.3) is 0 Å². The van der Waals surface area contributed by atoms with E-state index in [0.29, 0.717) is 23.1 Å². The molecule has 4 atom stereocenters. The number of aromatic amines is 1. The van der Waals surface area contributed by atoms with Crippen LogP contribution in [0.1, 0.15) is 63.1 Å². The number of aromatic hydroxyl groups is 1. The Morgan fingerprint density at radius 1 is 0.810 bits per heavy atom. The molecule has 6 amide bonds. The zero-order chi connectivity index (χ0) is 46.3. The number of nitrogens with zero attached hydrogens (tertiary/aromatic N) is 2. The molecule has 1 aromatic heterocycles. The Kier molecular flexibility index (Phi) is 17.4. The molecule has 4 rings (SSSR count). The summed E-state index contributed by atoms with van der Waals surface area (Å²) in [6, 6.07) is 17.0. The second-order valence-corrected chi connectivity index (χ2v) is 16.2. The minimum atomic E-state index is -1.63. The van der Waals surface area contributed by atoms with Gasteiger partial charge in [-0.05, 0) is 81.0 Å². The Morgan fingerprint density at radius 3 is 2.11 bits per heavy atom. The lowest BCUT2D eigenvalue weighted by atomic mass is 10.0. The largest absolute Gasteiger partial charge is 0.508 e. The number of carboxylic acids is 1. The Balaban J connectivity index is 1.59. The van der Waals surface area contributed by atoms with Crippen molar-refractivity contribution in [2.45, 2.75) is 89.1 Å². The fraction of sp³-hybridized carbons (Fsp3) is 0.370. The molecule has 4 aromatic rings. The summed E-state index contributed by atoms with van der Waals surface area (Å²) in [5.41, 5.74) is 7.69. The molecule has 336 valence electrons. The summed E-state index contributed by atoms with van der Waals surface area (Å²) in [6.45, 7) is 5.19. The van der Waals surface area contributed by atoms with Gasteiger partial charge in [0.1, 0.15) is 35.5 Å². The maximum Gasteiger partial charge on any atom is 0.408 e. The van der Waals surface area contributed by atoms with E-state index in [2.05, 4.69) is 20.9 Å². The molecule has 63 heavy (non-hydrogen) atoms. The summed E-state index contributed by atoms with van der Waals surface area (Å²) in [4.78, 5) is 98.5. The normalized spacial score (nSPS) is 13.3. The van der Waals surface area contributed by atoms with Crippen LogP contribution in [0.4, 0.5) is 4.79 Å². The van der Waals surface area contributed by atoms with Crippen LogP contribution >= 0.6 is 0 Å². The number of hydrogen-bond acceptors (Lipinski definition) is 9. The molecule has 0 unspecified atom stereocenters. The van der Waals surface area contributed by atoms with Gasteiger partial charge in [0, 0.05) is 56.7 Å². The quantitative estimate of drug-likeness (QED) is 0.0473. The Hall–Kier alpha value is -7.17. The third-order valence-electron chi connectivity index (χ3n) is 10.1. The molecule has 0 fully saturated rings. The van der Waals surface area contributed by atoms with Gasteiger partial charge in [-0.1, -0.05) is 60.7 Å². The number of carboxylic acid groups (broad SMARTS) is 1. The van der Waals surface area contributed by atoms with E-state index >= 15 is 0 Å². The standard InChI is InChI=1S/C46H57N7O10/c1-46(2,3)63-45(62)51-36(26-31-28-49-34-16-10-9-15-33(31)34)42(59)50-35(17-11-12-24-48-39(55)23-20-29-18-21-32(54)22-19-29)43(60)53(5)38(27-40(56)57)44(61)52(4)37(41(47)58)25-30-13-7-6-8-14-30/h6-10,13-16,18-23,28,35-38,49,54H,11-12,17,24-27H2,1-5H3,(H2,47,58)(H,48,55)(H,50,59)(H,51,62)(H,56,57)/b23-20+/t35-,36-,37-,38-/m0/s1. The van der Waals surface area contributed by atoms with Gasteiger partial charge in [-0.3, -0.25) is 28.8 Å². The number of likely N-dealkylation sites (N-methyl/N-ethyl adjacent to an activating group) is 2. The third kappa shape index (κ3) is 15.1. The SMILES string of the molecule is CN(C(=O)[C@H](CCCCNC(=O)/C=C/c1ccc(O)cc1)NC(=O)[C@H](Cc1c[nH]c2ccccc12)NC(=O)OC(C)(C)C)[C@@H](CC(=O)O)C(=O)N(C)[C@@H](Cc1ccccc1)C(N)=O. The number of fused-ring (bicyclic) bond motifs is 1. The number of phenolic OH excluding ortho intramolecular Hbond substituents is 1. The van der Waals surface area contributed by atoms with Crippen LogP contribution < -0.4 is 21.7 Å². The first-order valence-corrected chi connectivity index (χ1v) is 20.5. The van der Waals surface area contributed by atoms with Crippen molar-refractivity contribution in [2.75, 3.05) is 20.6 Å². The van der Waals surface area contributed by atoms with Gasteiger partial charge in [-0.2, -0.15) is 0 Å². The van der Waals surface area contributed by atoms with Crippen molar-refractivity contribution in [2.24, 2.45) is 5.73 Å². The molecule has 17 heteroatoms. The van der Waals surface area contributed by atoms with Crippen molar-refractivity contribution in [3.05, 3.63) is 108 Å². The fourth-order valence-corrected chi connectivity index (χ4v) is 6.82. The highest BCUT2D eigenvalue weighted by Gasteiger charge is 2.38. The number of carbonyl (C=O) groups is 7. The number of carbonyl (C=O) groups excluding carboxylic acids is 6. The zero-order valence-electron chi connectivity index (χ0n) is 36.1. The average molecular weight is 868 g/mol. The summed E-state index contributed by atoms with van der Waals surface area (Å²) in [6.07, 6.45) is 3.49. The minimum Gasteiger partial charge on any atom is -0.508 e. The van der Waals surface area contributed by atoms with E-state index in [1.165, 1.54) is 32.3 Å². The number of ether oxygens (including phenoxy) is 1. The number of hydrogen-bond donors (Lipinski definition) is 7. The van der Waals surface area contributed by atoms with Crippen LogP contribution in [0, 0.1) is 0 Å². The Morgan fingerprint density at radius 2 is 1.46 bits per heavy atom. The van der Waals surface area contributed by atoms with Crippen LogP contribution in [0.5, 0.6) is 5.75 Å². The molecule has 0 saturated carbocycles. The number of nitrogens with two attached hydrogens (primary N) is 1. The number of amides is 6. The van der Waals surface area contributed by atoms with Crippen LogP contribution in [0.15, 0.2) is 91.1 Å². The molecule has 0 radical (unpaired) electrons. The van der Waals surface area contributed by atoms with E-state index in [4.69, 9.17) is 10.5 Å². The lowest BCUT2D eigenvalue weighted by molar-refractivity contribution is -0.152. The van der Waals surface area contributed by atoms with Crippen molar-refractivity contribution >= 4 is 58.6 Å². The molecule has 3 aromatic carbocycles. The van der Waals surface area contributed by atoms with Crippen LogP contribution in [-0.4, -0.2) is 117 Å². The monoisotopic (exact) mass is 867 g/mol. The molecular weight excluding hydrogens is 811 g/mol. The summed E-state index contributed by atoms with van der Waals surface area (Å²) >= 11 is 0. The fourth-order valence-electron chi connectivity index (χ4n) is 6.82. The van der Waals surface area contributed by atoms with E-state index in [0.717, 1.165) is 20.7 Å². The summed E-state index contributed by atoms with van der Waals surface area (Å²) in [5, 5.41) is 28.4. The van der Waals surface area contributed by atoms with Gasteiger partial charge in [-0.25, -0.2) is 4.79 Å². The number of aliphatic carboxylic acids is 1. The molecule has 0 spiro atoms. The van der Waals surface area contributed by atoms with Crippen LogP contribution in [-0.2, 0) is 46.3 Å². The zero-order valence-corrected chi connectivity index (χ0v) is 36.1. The number of aromatic nitrogens is 1. The second kappa shape index (κ2) is 22.6. The maximum atomic E-state index is 14.5. The Bertz CT molecular complexity index is 2250. The number of para-hydroxylation sites is 1. The number of primary amides is 1. The predicted molar refractivity (Wildman–Crippen MR) is 236 cm³/mol. The number of alkyl carbamates (subject to hydrolysis) is 1. The van der Waals surface area contributed by atoms with E-state index in [1.54, 1.807) is 75.5 Å². The molecule has 17 nitrogen and oxygen atoms in total. The van der Waals surface area contributed by atoms with Gasteiger partial charge >= 0.3 is 12.1 Å². The molecule has 0 bridgehead atoms. The van der Waals surface area contributed by atoms with E-state index in [9.17, 15) is 43.8 Å². The maximum absolute atomic E-state index is 14.5. The first-order chi connectivity index (χ1) is 29.8. The van der Waals surface area contributed by atoms with Gasteiger partial charge < -0.3 is 51.4 Å². The van der Waals surface area contributed by atoms with Crippen molar-refractivity contribution < 1.29 is 48.5 Å². The highest BCUT2D eigenvalue weighted by atomic mass is 16.6. The second-order valence-electron chi connectivity index (χ2n) is 16.2.